The first kappa shape index (κ1) is 10.4. The van der Waals surface area contributed by atoms with Crippen LogP contribution in [-0.4, -0.2) is 12.3 Å². The SMILES string of the molecule is NCC=CCSCc1ccccc1. The van der Waals surface area contributed by atoms with Crippen LogP contribution in [0.25, 0.3) is 0 Å². The molecule has 0 fully saturated rings. The van der Waals surface area contributed by atoms with Gasteiger partial charge < -0.3 is 5.73 Å². The van der Waals surface area contributed by atoms with Crippen LogP contribution in [0, 0.1) is 0 Å². The van der Waals surface area contributed by atoms with Gasteiger partial charge in [0.05, 0.1) is 0 Å². The van der Waals surface area contributed by atoms with E-state index in [1.807, 2.05) is 23.9 Å². The summed E-state index contributed by atoms with van der Waals surface area (Å²) in [5.41, 5.74) is 6.71. The third kappa shape index (κ3) is 4.76. The van der Waals surface area contributed by atoms with Crippen LogP contribution in [0.3, 0.4) is 0 Å². The van der Waals surface area contributed by atoms with E-state index in [1.54, 1.807) is 0 Å². The molecule has 0 aliphatic heterocycles. The van der Waals surface area contributed by atoms with Gasteiger partial charge >= 0.3 is 0 Å². The van der Waals surface area contributed by atoms with E-state index in [0.29, 0.717) is 6.54 Å². The number of nitrogens with two attached hydrogens (primary N) is 1. The summed E-state index contributed by atoms with van der Waals surface area (Å²) in [6.45, 7) is 0.645. The molecule has 0 aliphatic rings. The smallest absolute Gasteiger partial charge is 0.0187 e. The molecule has 70 valence electrons. The zero-order valence-electron chi connectivity index (χ0n) is 7.65. The summed E-state index contributed by atoms with van der Waals surface area (Å²) in [5, 5.41) is 0. The van der Waals surface area contributed by atoms with Crippen molar-refractivity contribution < 1.29 is 0 Å². The molecule has 0 atom stereocenters. The second kappa shape index (κ2) is 6.75. The highest BCUT2D eigenvalue weighted by Gasteiger charge is 1.88. The first-order valence-corrected chi connectivity index (χ1v) is 5.55. The Kier molecular flexibility index (Phi) is 5.38. The summed E-state index contributed by atoms with van der Waals surface area (Å²) < 4.78 is 0. The van der Waals surface area contributed by atoms with Crippen molar-refractivity contribution in [2.24, 2.45) is 5.73 Å². The lowest BCUT2D eigenvalue weighted by Crippen LogP contribution is -1.92. The fourth-order valence-corrected chi connectivity index (χ4v) is 1.80. The molecule has 0 saturated carbocycles. The summed E-state index contributed by atoms with van der Waals surface area (Å²) in [6.07, 6.45) is 4.12. The molecule has 1 nitrogen and oxygen atoms in total. The lowest BCUT2D eigenvalue weighted by Gasteiger charge is -1.97. The van der Waals surface area contributed by atoms with Gasteiger partial charge in [-0.2, -0.15) is 11.8 Å². The Hall–Kier alpha value is -0.730. The van der Waals surface area contributed by atoms with Crippen molar-refractivity contribution >= 4 is 11.8 Å². The van der Waals surface area contributed by atoms with E-state index in [2.05, 4.69) is 30.3 Å². The van der Waals surface area contributed by atoms with Crippen LogP contribution < -0.4 is 5.73 Å². The summed E-state index contributed by atoms with van der Waals surface area (Å²) >= 11 is 1.90. The number of hydrogen-bond acceptors (Lipinski definition) is 2. The molecule has 1 aromatic rings. The maximum atomic E-state index is 5.33. The van der Waals surface area contributed by atoms with Crippen molar-refractivity contribution in [3.05, 3.63) is 48.0 Å². The van der Waals surface area contributed by atoms with Gasteiger partial charge in [-0.15, -0.1) is 0 Å². The molecule has 0 bridgehead atoms. The van der Waals surface area contributed by atoms with Gasteiger partial charge in [-0.1, -0.05) is 42.5 Å². The molecule has 0 aliphatic carbocycles. The van der Waals surface area contributed by atoms with Crippen LogP contribution >= 0.6 is 11.8 Å². The molecular formula is C11H15NS. The molecule has 0 amide bonds. The quantitative estimate of drug-likeness (QED) is 0.574. The Bertz CT molecular complexity index is 244. The molecule has 2 N–H and O–H groups in total. The molecule has 0 saturated heterocycles. The Morgan fingerprint density at radius 3 is 2.62 bits per heavy atom. The van der Waals surface area contributed by atoms with Gasteiger partial charge in [-0.3, -0.25) is 0 Å². The molecule has 0 radical (unpaired) electrons. The Balaban J connectivity index is 2.17. The number of benzene rings is 1. The van der Waals surface area contributed by atoms with Gasteiger partial charge in [0.1, 0.15) is 0 Å². The normalized spacial score (nSPS) is 10.8. The third-order valence-corrected chi connectivity index (χ3v) is 2.59. The van der Waals surface area contributed by atoms with Crippen molar-refractivity contribution in [3.8, 4) is 0 Å². The molecule has 0 spiro atoms. The van der Waals surface area contributed by atoms with Gasteiger partial charge in [-0.25, -0.2) is 0 Å². The zero-order valence-corrected chi connectivity index (χ0v) is 8.46. The maximum Gasteiger partial charge on any atom is 0.0187 e. The third-order valence-electron chi connectivity index (χ3n) is 1.63. The van der Waals surface area contributed by atoms with Crippen LogP contribution in [0.4, 0.5) is 0 Å². The highest BCUT2D eigenvalue weighted by molar-refractivity contribution is 7.98. The van der Waals surface area contributed by atoms with E-state index in [-0.39, 0.29) is 0 Å². The highest BCUT2D eigenvalue weighted by Crippen LogP contribution is 2.11. The number of hydrogen-bond donors (Lipinski definition) is 1. The van der Waals surface area contributed by atoms with Crippen molar-refractivity contribution in [3.63, 3.8) is 0 Å². The van der Waals surface area contributed by atoms with E-state index >= 15 is 0 Å². The molecule has 0 aromatic heterocycles. The predicted octanol–water partition coefficient (Wildman–Crippen LogP) is 2.43. The maximum absolute atomic E-state index is 5.33. The largest absolute Gasteiger partial charge is 0.327 e. The van der Waals surface area contributed by atoms with Crippen molar-refractivity contribution in [1.82, 2.24) is 0 Å². The molecule has 1 aromatic carbocycles. The number of rotatable bonds is 5. The van der Waals surface area contributed by atoms with Crippen molar-refractivity contribution in [2.75, 3.05) is 12.3 Å². The van der Waals surface area contributed by atoms with E-state index in [0.717, 1.165) is 11.5 Å². The predicted molar refractivity (Wildman–Crippen MR) is 60.8 cm³/mol. The molecule has 2 heteroatoms. The van der Waals surface area contributed by atoms with E-state index in [9.17, 15) is 0 Å². The van der Waals surface area contributed by atoms with Crippen molar-refractivity contribution in [1.29, 1.82) is 0 Å². The fourth-order valence-electron chi connectivity index (χ4n) is 0.983. The van der Waals surface area contributed by atoms with Crippen LogP contribution in [0.1, 0.15) is 5.56 Å². The second-order valence-corrected chi connectivity index (χ2v) is 3.74. The summed E-state index contributed by atoms with van der Waals surface area (Å²) in [4.78, 5) is 0. The van der Waals surface area contributed by atoms with Crippen molar-refractivity contribution in [2.45, 2.75) is 5.75 Å². The van der Waals surface area contributed by atoms with Gasteiger partial charge in [0.2, 0.25) is 0 Å². The summed E-state index contributed by atoms with van der Waals surface area (Å²) in [7, 11) is 0. The van der Waals surface area contributed by atoms with Gasteiger partial charge in [0, 0.05) is 18.1 Å². The first-order chi connectivity index (χ1) is 6.43. The highest BCUT2D eigenvalue weighted by atomic mass is 32.2. The van der Waals surface area contributed by atoms with Crippen LogP contribution in [-0.2, 0) is 5.75 Å². The van der Waals surface area contributed by atoms with Gasteiger partial charge in [-0.05, 0) is 5.56 Å². The minimum absolute atomic E-state index is 0.645. The average molecular weight is 193 g/mol. The lowest BCUT2D eigenvalue weighted by atomic mass is 10.2. The van der Waals surface area contributed by atoms with Crippen LogP contribution in [0.2, 0.25) is 0 Å². The molecule has 0 unspecified atom stereocenters. The van der Waals surface area contributed by atoms with Crippen LogP contribution in [0.15, 0.2) is 42.5 Å². The van der Waals surface area contributed by atoms with E-state index in [1.165, 1.54) is 5.56 Å². The number of thioether (sulfide) groups is 1. The molecule has 0 heterocycles. The minimum Gasteiger partial charge on any atom is -0.327 e. The average Bonchev–Trinajstić information content (AvgIpc) is 2.19. The van der Waals surface area contributed by atoms with Gasteiger partial charge in [0.15, 0.2) is 0 Å². The van der Waals surface area contributed by atoms with E-state index in [4.69, 9.17) is 5.73 Å². The topological polar surface area (TPSA) is 26.0 Å². The van der Waals surface area contributed by atoms with Gasteiger partial charge in [0.25, 0.3) is 0 Å². The Labute approximate surface area is 84.0 Å². The first-order valence-electron chi connectivity index (χ1n) is 4.40. The summed E-state index contributed by atoms with van der Waals surface area (Å²) in [6, 6.07) is 10.5. The molecule has 1 rings (SSSR count). The van der Waals surface area contributed by atoms with Crippen LogP contribution in [0.5, 0.6) is 0 Å². The second-order valence-electron chi connectivity index (χ2n) is 2.71. The molecular weight excluding hydrogens is 178 g/mol. The van der Waals surface area contributed by atoms with E-state index < -0.39 is 0 Å². The Morgan fingerprint density at radius 1 is 1.15 bits per heavy atom. The lowest BCUT2D eigenvalue weighted by molar-refractivity contribution is 1.25. The Morgan fingerprint density at radius 2 is 1.92 bits per heavy atom. The zero-order chi connectivity index (χ0) is 9.36. The summed E-state index contributed by atoms with van der Waals surface area (Å²) in [5.74, 6) is 2.13. The molecule has 13 heavy (non-hydrogen) atoms. The standard InChI is InChI=1S/C11H15NS/c12-8-4-5-9-13-10-11-6-2-1-3-7-11/h1-7H,8-10,12H2. The fraction of sp³-hybridized carbons (Fsp3) is 0.273. The monoisotopic (exact) mass is 193 g/mol. The minimum atomic E-state index is 0.645.